The molecule has 6 nitrogen and oxygen atoms in total. The van der Waals surface area contributed by atoms with Crippen molar-refractivity contribution in [2.45, 2.75) is 25.5 Å². The van der Waals surface area contributed by atoms with Gasteiger partial charge in [0.25, 0.3) is 5.56 Å². The molecule has 0 bridgehead atoms. The zero-order valence-electron chi connectivity index (χ0n) is 12.8. The molecular weight excluding hydrogens is 294 g/mol. The number of aromatic nitrogens is 2. The minimum atomic E-state index is -0.294. The Morgan fingerprint density at radius 3 is 2.83 bits per heavy atom. The Balaban J connectivity index is 1.67. The molecule has 1 fully saturated rings. The van der Waals surface area contributed by atoms with Crippen LogP contribution in [-0.2, 0) is 16.1 Å². The Labute approximate surface area is 134 Å². The molecule has 2 aromatic rings. The Hall–Kier alpha value is -2.47. The lowest BCUT2D eigenvalue weighted by molar-refractivity contribution is -0.122. The van der Waals surface area contributed by atoms with E-state index in [0.29, 0.717) is 12.2 Å². The van der Waals surface area contributed by atoms with Crippen molar-refractivity contribution in [3.05, 3.63) is 52.8 Å². The lowest BCUT2D eigenvalue weighted by atomic mass is 10.1. The zero-order chi connectivity index (χ0) is 16.1. The van der Waals surface area contributed by atoms with Gasteiger partial charge in [0.2, 0.25) is 5.91 Å². The fourth-order valence-corrected chi connectivity index (χ4v) is 2.55. The summed E-state index contributed by atoms with van der Waals surface area (Å²) in [6.45, 7) is 1.14. The van der Waals surface area contributed by atoms with E-state index < -0.39 is 0 Å². The van der Waals surface area contributed by atoms with Crippen LogP contribution >= 0.6 is 0 Å². The standard InChI is InChI=1S/C17H19N3O3/c21-16(18-11-14-7-4-10-23-14)12-20-17(22)9-8-15(19-20)13-5-2-1-3-6-13/h1-3,5-6,8-9,14H,4,7,10-12H2,(H,18,21)/t14-/m1/s1. The average Bonchev–Trinajstić information content (AvgIpc) is 3.09. The maximum Gasteiger partial charge on any atom is 0.267 e. The second-order valence-corrected chi connectivity index (χ2v) is 5.52. The molecule has 3 rings (SSSR count). The van der Waals surface area contributed by atoms with Gasteiger partial charge in [-0.25, -0.2) is 4.68 Å². The number of amides is 1. The summed E-state index contributed by atoms with van der Waals surface area (Å²) in [6, 6.07) is 12.6. The third kappa shape index (κ3) is 4.04. The van der Waals surface area contributed by atoms with Crippen LogP contribution in [0, 0.1) is 0 Å². The molecule has 0 saturated carbocycles. The predicted molar refractivity (Wildman–Crippen MR) is 85.9 cm³/mol. The van der Waals surface area contributed by atoms with Crippen molar-refractivity contribution in [1.82, 2.24) is 15.1 Å². The summed E-state index contributed by atoms with van der Waals surface area (Å²) in [5.41, 5.74) is 1.27. The van der Waals surface area contributed by atoms with Crippen LogP contribution in [0.25, 0.3) is 11.3 Å². The van der Waals surface area contributed by atoms with E-state index in [-0.39, 0.29) is 24.1 Å². The normalized spacial score (nSPS) is 17.1. The van der Waals surface area contributed by atoms with E-state index in [9.17, 15) is 9.59 Å². The molecule has 1 atom stereocenters. The molecular formula is C17H19N3O3. The molecule has 23 heavy (non-hydrogen) atoms. The summed E-state index contributed by atoms with van der Waals surface area (Å²) < 4.78 is 6.64. The molecule has 1 saturated heterocycles. The van der Waals surface area contributed by atoms with E-state index in [1.807, 2.05) is 30.3 Å². The molecule has 0 radical (unpaired) electrons. The van der Waals surface area contributed by atoms with Crippen LogP contribution in [0.1, 0.15) is 12.8 Å². The van der Waals surface area contributed by atoms with Gasteiger partial charge in [-0.3, -0.25) is 9.59 Å². The first-order valence-electron chi connectivity index (χ1n) is 7.74. The molecule has 1 amide bonds. The van der Waals surface area contributed by atoms with Gasteiger partial charge in [-0.1, -0.05) is 30.3 Å². The molecule has 1 aromatic heterocycles. The predicted octanol–water partition coefficient (Wildman–Crippen LogP) is 1.21. The SMILES string of the molecule is O=C(Cn1nc(-c2ccccc2)ccc1=O)NC[C@H]1CCCO1. The smallest absolute Gasteiger partial charge is 0.267 e. The Bertz CT molecular complexity index is 721. The highest BCUT2D eigenvalue weighted by molar-refractivity contribution is 5.75. The van der Waals surface area contributed by atoms with Crippen LogP contribution in [0.5, 0.6) is 0 Å². The quantitative estimate of drug-likeness (QED) is 0.900. The molecule has 1 aliphatic rings. The summed E-state index contributed by atoms with van der Waals surface area (Å²) in [4.78, 5) is 23.9. The minimum absolute atomic E-state index is 0.0827. The average molecular weight is 313 g/mol. The summed E-state index contributed by atoms with van der Waals surface area (Å²) in [7, 11) is 0. The maximum absolute atomic E-state index is 12.0. The molecule has 0 spiro atoms. The van der Waals surface area contributed by atoms with Gasteiger partial charge >= 0.3 is 0 Å². The summed E-state index contributed by atoms with van der Waals surface area (Å²) in [5.74, 6) is -0.236. The highest BCUT2D eigenvalue weighted by Gasteiger charge is 2.16. The molecule has 0 unspecified atom stereocenters. The number of hydrogen-bond acceptors (Lipinski definition) is 4. The molecule has 0 aliphatic carbocycles. The van der Waals surface area contributed by atoms with Gasteiger partial charge in [-0.05, 0) is 18.9 Å². The largest absolute Gasteiger partial charge is 0.376 e. The number of rotatable bonds is 5. The van der Waals surface area contributed by atoms with E-state index in [1.165, 1.54) is 10.7 Å². The van der Waals surface area contributed by atoms with Crippen LogP contribution < -0.4 is 10.9 Å². The zero-order valence-corrected chi connectivity index (χ0v) is 12.8. The number of carbonyl (C=O) groups excluding carboxylic acids is 1. The lowest BCUT2D eigenvalue weighted by Gasteiger charge is -2.11. The first-order chi connectivity index (χ1) is 11.2. The highest BCUT2D eigenvalue weighted by atomic mass is 16.5. The molecule has 2 heterocycles. The van der Waals surface area contributed by atoms with Crippen LogP contribution in [0.15, 0.2) is 47.3 Å². The summed E-state index contributed by atoms with van der Waals surface area (Å²) in [5, 5.41) is 7.07. The van der Waals surface area contributed by atoms with Gasteiger partial charge in [0.15, 0.2) is 0 Å². The number of nitrogens with zero attached hydrogens (tertiary/aromatic N) is 2. The number of ether oxygens (including phenoxy) is 1. The van der Waals surface area contributed by atoms with Crippen molar-refractivity contribution in [3.8, 4) is 11.3 Å². The number of nitrogens with one attached hydrogen (secondary N) is 1. The van der Waals surface area contributed by atoms with Crippen LogP contribution in [-0.4, -0.2) is 34.9 Å². The Morgan fingerprint density at radius 1 is 1.26 bits per heavy atom. The van der Waals surface area contributed by atoms with E-state index in [1.54, 1.807) is 6.07 Å². The molecule has 1 N–H and O–H groups in total. The van der Waals surface area contributed by atoms with Gasteiger partial charge in [0.1, 0.15) is 6.54 Å². The van der Waals surface area contributed by atoms with Crippen molar-refractivity contribution in [1.29, 1.82) is 0 Å². The van der Waals surface area contributed by atoms with Crippen molar-refractivity contribution >= 4 is 5.91 Å². The van der Waals surface area contributed by atoms with Crippen molar-refractivity contribution in [3.63, 3.8) is 0 Å². The lowest BCUT2D eigenvalue weighted by Crippen LogP contribution is -2.37. The fraction of sp³-hybridized carbons (Fsp3) is 0.353. The number of hydrogen-bond donors (Lipinski definition) is 1. The molecule has 120 valence electrons. The minimum Gasteiger partial charge on any atom is -0.376 e. The topological polar surface area (TPSA) is 73.2 Å². The van der Waals surface area contributed by atoms with Crippen LogP contribution in [0.4, 0.5) is 0 Å². The molecule has 6 heteroatoms. The van der Waals surface area contributed by atoms with Crippen molar-refractivity contribution in [2.75, 3.05) is 13.2 Å². The van der Waals surface area contributed by atoms with Gasteiger partial charge in [0, 0.05) is 24.8 Å². The first-order valence-corrected chi connectivity index (χ1v) is 7.74. The second kappa shape index (κ2) is 7.19. The van der Waals surface area contributed by atoms with E-state index >= 15 is 0 Å². The van der Waals surface area contributed by atoms with Crippen molar-refractivity contribution in [2.24, 2.45) is 0 Å². The molecule has 1 aliphatic heterocycles. The van der Waals surface area contributed by atoms with Gasteiger partial charge in [-0.2, -0.15) is 5.10 Å². The van der Waals surface area contributed by atoms with E-state index in [2.05, 4.69) is 10.4 Å². The van der Waals surface area contributed by atoms with Gasteiger partial charge < -0.3 is 10.1 Å². The third-order valence-electron chi connectivity index (χ3n) is 3.78. The van der Waals surface area contributed by atoms with E-state index in [0.717, 1.165) is 25.0 Å². The summed E-state index contributed by atoms with van der Waals surface area (Å²) in [6.07, 6.45) is 2.07. The highest BCUT2D eigenvalue weighted by Crippen LogP contribution is 2.14. The first kappa shape index (κ1) is 15.4. The number of carbonyl (C=O) groups is 1. The number of benzene rings is 1. The van der Waals surface area contributed by atoms with Crippen LogP contribution in [0.3, 0.4) is 0 Å². The fourth-order valence-electron chi connectivity index (χ4n) is 2.55. The van der Waals surface area contributed by atoms with Crippen LogP contribution in [0.2, 0.25) is 0 Å². The Morgan fingerprint density at radius 2 is 2.09 bits per heavy atom. The molecule has 1 aromatic carbocycles. The van der Waals surface area contributed by atoms with Gasteiger partial charge in [-0.15, -0.1) is 0 Å². The monoisotopic (exact) mass is 313 g/mol. The van der Waals surface area contributed by atoms with Crippen molar-refractivity contribution < 1.29 is 9.53 Å². The van der Waals surface area contributed by atoms with E-state index in [4.69, 9.17) is 4.74 Å². The summed E-state index contributed by atoms with van der Waals surface area (Å²) >= 11 is 0. The van der Waals surface area contributed by atoms with Gasteiger partial charge in [0.05, 0.1) is 11.8 Å². The Kier molecular flexibility index (Phi) is 4.83. The maximum atomic E-state index is 12.0. The third-order valence-corrected chi connectivity index (χ3v) is 3.78. The second-order valence-electron chi connectivity index (χ2n) is 5.52.